The van der Waals surface area contributed by atoms with Crippen LogP contribution in [0, 0.1) is 0 Å². The lowest BCUT2D eigenvalue weighted by Crippen LogP contribution is -2.00. The second-order valence-electron chi connectivity index (χ2n) is 10.9. The Morgan fingerprint density at radius 2 is 0.913 bits per heavy atom. The molecule has 0 fully saturated rings. The Morgan fingerprint density at radius 3 is 1.30 bits per heavy atom. The largest absolute Gasteiger partial charge is 0.493 e. The Labute approximate surface area is 270 Å². The SMILES string of the molecule is COc1cc(Cn2cc(-c3ccc(OCc4ccccc4)cc3)c(-c3ccc(OCc4ccccc4)cc3)c2)cc(OC)c1OC. The number of aromatic nitrogens is 1. The first-order valence-corrected chi connectivity index (χ1v) is 15.2. The molecular formula is C40H37NO5. The molecule has 6 rings (SSSR count). The molecule has 1 heterocycles. The van der Waals surface area contributed by atoms with Crippen LogP contribution in [0.2, 0.25) is 0 Å². The summed E-state index contributed by atoms with van der Waals surface area (Å²) in [7, 11) is 4.88. The van der Waals surface area contributed by atoms with E-state index in [0.29, 0.717) is 37.0 Å². The minimum Gasteiger partial charge on any atom is -0.493 e. The van der Waals surface area contributed by atoms with Crippen molar-refractivity contribution < 1.29 is 23.7 Å². The predicted molar refractivity (Wildman–Crippen MR) is 182 cm³/mol. The van der Waals surface area contributed by atoms with Gasteiger partial charge in [0.25, 0.3) is 0 Å². The Morgan fingerprint density at radius 1 is 0.478 bits per heavy atom. The molecule has 0 saturated carbocycles. The van der Waals surface area contributed by atoms with Gasteiger partial charge >= 0.3 is 0 Å². The van der Waals surface area contributed by atoms with E-state index in [4.69, 9.17) is 23.7 Å². The van der Waals surface area contributed by atoms with Gasteiger partial charge in [-0.1, -0.05) is 84.9 Å². The molecule has 0 saturated heterocycles. The van der Waals surface area contributed by atoms with Crippen LogP contribution in [0.1, 0.15) is 16.7 Å². The molecule has 0 radical (unpaired) electrons. The molecule has 0 spiro atoms. The molecule has 0 unspecified atom stereocenters. The Hall–Kier alpha value is -5.62. The maximum Gasteiger partial charge on any atom is 0.203 e. The predicted octanol–water partition coefficient (Wildman–Crippen LogP) is 9.05. The zero-order valence-electron chi connectivity index (χ0n) is 26.3. The molecule has 46 heavy (non-hydrogen) atoms. The van der Waals surface area contributed by atoms with Crippen molar-refractivity contribution in [3.8, 4) is 51.0 Å². The van der Waals surface area contributed by atoms with E-state index < -0.39 is 0 Å². The fraction of sp³-hybridized carbons (Fsp3) is 0.150. The Balaban J connectivity index is 1.29. The summed E-state index contributed by atoms with van der Waals surface area (Å²) in [5.74, 6) is 3.48. The lowest BCUT2D eigenvalue weighted by atomic mass is 9.99. The highest BCUT2D eigenvalue weighted by atomic mass is 16.5. The number of hydrogen-bond donors (Lipinski definition) is 0. The molecule has 6 aromatic rings. The summed E-state index contributed by atoms with van der Waals surface area (Å²) in [6.45, 7) is 1.66. The lowest BCUT2D eigenvalue weighted by Gasteiger charge is -2.14. The number of methoxy groups -OCH3 is 3. The highest BCUT2D eigenvalue weighted by Crippen LogP contribution is 2.39. The van der Waals surface area contributed by atoms with Crippen LogP contribution in [0.4, 0.5) is 0 Å². The minimum atomic E-state index is 0.523. The molecule has 232 valence electrons. The van der Waals surface area contributed by atoms with Crippen LogP contribution in [-0.4, -0.2) is 25.9 Å². The van der Waals surface area contributed by atoms with Gasteiger partial charge in [0, 0.05) is 30.1 Å². The zero-order chi connectivity index (χ0) is 31.7. The van der Waals surface area contributed by atoms with Gasteiger partial charge < -0.3 is 28.3 Å². The van der Waals surface area contributed by atoms with Gasteiger partial charge in [-0.25, -0.2) is 0 Å². The Kier molecular flexibility index (Phi) is 9.55. The first-order valence-electron chi connectivity index (χ1n) is 15.2. The highest BCUT2D eigenvalue weighted by molar-refractivity contribution is 5.83. The third-order valence-corrected chi connectivity index (χ3v) is 7.80. The number of ether oxygens (including phenoxy) is 5. The molecule has 0 amide bonds. The van der Waals surface area contributed by atoms with E-state index in [1.807, 2.05) is 72.8 Å². The molecule has 0 N–H and O–H groups in total. The van der Waals surface area contributed by atoms with Crippen LogP contribution in [0.15, 0.2) is 134 Å². The van der Waals surface area contributed by atoms with Crippen molar-refractivity contribution in [3.63, 3.8) is 0 Å². The summed E-state index contributed by atoms with van der Waals surface area (Å²) in [5, 5.41) is 0. The number of hydrogen-bond acceptors (Lipinski definition) is 5. The maximum absolute atomic E-state index is 6.06. The van der Waals surface area contributed by atoms with E-state index >= 15 is 0 Å². The first-order chi connectivity index (χ1) is 22.6. The van der Waals surface area contributed by atoms with Gasteiger partial charge in [-0.05, 0) is 64.2 Å². The molecule has 6 heteroatoms. The van der Waals surface area contributed by atoms with Crippen LogP contribution < -0.4 is 23.7 Å². The van der Waals surface area contributed by atoms with E-state index in [2.05, 4.69) is 65.5 Å². The van der Waals surface area contributed by atoms with Crippen molar-refractivity contribution in [1.29, 1.82) is 0 Å². The summed E-state index contributed by atoms with van der Waals surface area (Å²) in [4.78, 5) is 0. The summed E-state index contributed by atoms with van der Waals surface area (Å²) in [6, 6.07) is 40.9. The molecular weight excluding hydrogens is 574 g/mol. The fourth-order valence-corrected chi connectivity index (χ4v) is 5.44. The van der Waals surface area contributed by atoms with Crippen molar-refractivity contribution in [1.82, 2.24) is 4.57 Å². The van der Waals surface area contributed by atoms with Crippen molar-refractivity contribution in [2.45, 2.75) is 19.8 Å². The highest BCUT2D eigenvalue weighted by Gasteiger charge is 2.16. The second-order valence-corrected chi connectivity index (χ2v) is 10.9. The zero-order valence-corrected chi connectivity index (χ0v) is 26.3. The van der Waals surface area contributed by atoms with Crippen LogP contribution >= 0.6 is 0 Å². The van der Waals surface area contributed by atoms with Gasteiger partial charge in [0.15, 0.2) is 11.5 Å². The maximum atomic E-state index is 6.06. The third kappa shape index (κ3) is 7.19. The van der Waals surface area contributed by atoms with Crippen molar-refractivity contribution in [2.75, 3.05) is 21.3 Å². The molecule has 1 aromatic heterocycles. The van der Waals surface area contributed by atoms with E-state index in [1.54, 1.807) is 21.3 Å². The molecule has 0 aliphatic heterocycles. The van der Waals surface area contributed by atoms with E-state index in [0.717, 1.165) is 50.4 Å². The van der Waals surface area contributed by atoms with Gasteiger partial charge in [0.05, 0.1) is 21.3 Å². The average molecular weight is 612 g/mol. The fourth-order valence-electron chi connectivity index (χ4n) is 5.44. The number of rotatable bonds is 13. The minimum absolute atomic E-state index is 0.523. The monoisotopic (exact) mass is 611 g/mol. The first kappa shape index (κ1) is 30.4. The summed E-state index contributed by atoms with van der Waals surface area (Å²) in [6.07, 6.45) is 4.36. The smallest absolute Gasteiger partial charge is 0.203 e. The van der Waals surface area contributed by atoms with Gasteiger partial charge in [-0.15, -0.1) is 0 Å². The average Bonchev–Trinajstić information content (AvgIpc) is 3.54. The van der Waals surface area contributed by atoms with Crippen molar-refractivity contribution in [2.24, 2.45) is 0 Å². The van der Waals surface area contributed by atoms with E-state index in [-0.39, 0.29) is 0 Å². The van der Waals surface area contributed by atoms with Gasteiger partial charge in [-0.3, -0.25) is 0 Å². The third-order valence-electron chi connectivity index (χ3n) is 7.80. The number of benzene rings is 5. The van der Waals surface area contributed by atoms with E-state index in [9.17, 15) is 0 Å². The molecule has 0 aliphatic carbocycles. The topological polar surface area (TPSA) is 51.1 Å². The molecule has 6 nitrogen and oxygen atoms in total. The summed E-state index contributed by atoms with van der Waals surface area (Å²) >= 11 is 0. The number of nitrogens with zero attached hydrogens (tertiary/aromatic N) is 1. The van der Waals surface area contributed by atoms with Crippen LogP contribution in [0.3, 0.4) is 0 Å². The van der Waals surface area contributed by atoms with Gasteiger partial charge in [0.2, 0.25) is 5.75 Å². The van der Waals surface area contributed by atoms with E-state index in [1.165, 1.54) is 0 Å². The quantitative estimate of drug-likeness (QED) is 0.130. The summed E-state index contributed by atoms with van der Waals surface area (Å²) in [5.41, 5.74) is 7.70. The van der Waals surface area contributed by atoms with Gasteiger partial charge in [-0.2, -0.15) is 0 Å². The van der Waals surface area contributed by atoms with Crippen molar-refractivity contribution in [3.05, 3.63) is 150 Å². The second kappa shape index (κ2) is 14.4. The lowest BCUT2D eigenvalue weighted by molar-refractivity contribution is 0.306. The van der Waals surface area contributed by atoms with Crippen LogP contribution in [0.5, 0.6) is 28.7 Å². The van der Waals surface area contributed by atoms with Gasteiger partial charge in [0.1, 0.15) is 24.7 Å². The van der Waals surface area contributed by atoms with Crippen LogP contribution in [-0.2, 0) is 19.8 Å². The molecule has 0 bridgehead atoms. The van der Waals surface area contributed by atoms with Crippen molar-refractivity contribution >= 4 is 0 Å². The summed E-state index contributed by atoms with van der Waals surface area (Å²) < 4.78 is 31.0. The standard InChI is InChI=1S/C40H37NO5/c1-42-38-22-31(23-39(43-2)40(38)44-3)24-41-25-36(32-14-18-34(19-15-32)45-27-29-10-6-4-7-11-29)37(26-41)33-16-20-35(21-17-33)46-28-30-12-8-5-9-13-30/h4-23,25-26H,24,27-28H2,1-3H3. The molecule has 0 atom stereocenters. The molecule has 0 aliphatic rings. The molecule has 5 aromatic carbocycles. The Bertz CT molecular complexity index is 1720. The normalized spacial score (nSPS) is 10.8. The van der Waals surface area contributed by atoms with Crippen LogP contribution in [0.25, 0.3) is 22.3 Å².